The summed E-state index contributed by atoms with van der Waals surface area (Å²) in [6, 6.07) is 5.76. The van der Waals surface area contributed by atoms with E-state index < -0.39 is 23.6 Å². The van der Waals surface area contributed by atoms with Crippen molar-refractivity contribution in [1.29, 1.82) is 5.26 Å². The van der Waals surface area contributed by atoms with Crippen LogP contribution in [0.4, 0.5) is 29.1 Å². The van der Waals surface area contributed by atoms with Crippen molar-refractivity contribution >= 4 is 29.0 Å². The summed E-state index contributed by atoms with van der Waals surface area (Å²) in [5.74, 6) is -1.17. The Morgan fingerprint density at radius 2 is 1.87 bits per heavy atom. The SMILES string of the molecule is N#CCn1cc(-c2cnc3c(Nc4ccc(C(=O)N5CCN(C(=O)[C@H]6CC[C@@H](N)C6)CC5)c(F)c4)nccn23)c(C(F)(F)F)n1. The van der Waals surface area contributed by atoms with E-state index in [4.69, 9.17) is 11.0 Å². The van der Waals surface area contributed by atoms with Gasteiger partial charge in [0.25, 0.3) is 5.91 Å². The van der Waals surface area contributed by atoms with Crippen molar-refractivity contribution in [2.45, 2.75) is 38.0 Å². The minimum absolute atomic E-state index is 0.0430. The molecule has 3 aromatic heterocycles. The van der Waals surface area contributed by atoms with Crippen molar-refractivity contribution in [3.63, 3.8) is 0 Å². The van der Waals surface area contributed by atoms with Crippen molar-refractivity contribution in [3.05, 3.63) is 60.1 Å². The monoisotopic (exact) mass is 624 g/mol. The molecular formula is C29H28F4N10O2. The number of hydrogen-bond donors (Lipinski definition) is 2. The number of halogens is 4. The number of carbonyl (C=O) groups excluding carboxylic acids is 2. The van der Waals surface area contributed by atoms with Crippen LogP contribution in [0.5, 0.6) is 0 Å². The van der Waals surface area contributed by atoms with E-state index >= 15 is 4.39 Å². The molecule has 1 aliphatic heterocycles. The number of nitrogens with one attached hydrogen (secondary N) is 1. The molecule has 0 radical (unpaired) electrons. The highest BCUT2D eigenvalue weighted by Gasteiger charge is 2.38. The molecule has 1 aromatic carbocycles. The average Bonchev–Trinajstić information content (AvgIpc) is 3.75. The van der Waals surface area contributed by atoms with Gasteiger partial charge >= 0.3 is 6.18 Å². The molecule has 0 unspecified atom stereocenters. The van der Waals surface area contributed by atoms with Crippen LogP contribution in [0, 0.1) is 23.1 Å². The quantitative estimate of drug-likeness (QED) is 0.310. The fraction of sp³-hybridized carbons (Fsp3) is 0.379. The lowest BCUT2D eigenvalue weighted by Gasteiger charge is -2.36. The predicted octanol–water partition coefficient (Wildman–Crippen LogP) is 3.43. The summed E-state index contributed by atoms with van der Waals surface area (Å²) in [6.07, 6.45) is 2.60. The lowest BCUT2D eigenvalue weighted by atomic mass is 10.1. The van der Waals surface area contributed by atoms with Crippen molar-refractivity contribution in [1.82, 2.24) is 33.9 Å². The summed E-state index contributed by atoms with van der Waals surface area (Å²) < 4.78 is 58.7. The van der Waals surface area contributed by atoms with Gasteiger partial charge in [-0.2, -0.15) is 23.5 Å². The second-order valence-electron chi connectivity index (χ2n) is 11.1. The lowest BCUT2D eigenvalue weighted by Crippen LogP contribution is -2.52. The maximum absolute atomic E-state index is 15.2. The number of fused-ring (bicyclic) bond motifs is 1. The maximum atomic E-state index is 15.2. The van der Waals surface area contributed by atoms with Gasteiger partial charge in [0.1, 0.15) is 12.4 Å². The number of imidazole rings is 1. The Morgan fingerprint density at radius 1 is 1.11 bits per heavy atom. The van der Waals surface area contributed by atoms with Crippen LogP contribution in [0.2, 0.25) is 0 Å². The molecule has 45 heavy (non-hydrogen) atoms. The Labute approximate surface area is 254 Å². The molecule has 12 nitrogen and oxygen atoms in total. The number of nitrogens with two attached hydrogens (primary N) is 1. The van der Waals surface area contributed by atoms with Crippen LogP contribution in [-0.2, 0) is 17.5 Å². The first-order chi connectivity index (χ1) is 21.5. The van der Waals surface area contributed by atoms with E-state index in [0.717, 1.165) is 29.8 Å². The minimum atomic E-state index is -4.78. The zero-order valence-corrected chi connectivity index (χ0v) is 23.8. The fourth-order valence-corrected chi connectivity index (χ4v) is 5.88. The van der Waals surface area contributed by atoms with Crippen molar-refractivity contribution in [2.24, 2.45) is 11.7 Å². The molecule has 4 aromatic rings. The number of alkyl halides is 3. The number of benzene rings is 1. The zero-order chi connectivity index (χ0) is 31.9. The van der Waals surface area contributed by atoms with Gasteiger partial charge in [-0.15, -0.1) is 0 Å². The maximum Gasteiger partial charge on any atom is 0.435 e. The highest BCUT2D eigenvalue weighted by molar-refractivity contribution is 5.95. The molecule has 1 saturated heterocycles. The third kappa shape index (κ3) is 5.90. The Bertz CT molecular complexity index is 1800. The number of piperazine rings is 1. The Hall–Kier alpha value is -5.04. The first kappa shape index (κ1) is 30.0. The minimum Gasteiger partial charge on any atom is -0.339 e. The number of aromatic nitrogens is 5. The van der Waals surface area contributed by atoms with Crippen LogP contribution >= 0.6 is 0 Å². The number of rotatable bonds is 6. The number of nitriles is 1. The van der Waals surface area contributed by atoms with Crippen molar-refractivity contribution < 1.29 is 27.2 Å². The van der Waals surface area contributed by atoms with Gasteiger partial charge in [0.2, 0.25) is 5.91 Å². The average molecular weight is 625 g/mol. The molecule has 4 heterocycles. The third-order valence-corrected chi connectivity index (χ3v) is 8.13. The van der Waals surface area contributed by atoms with Gasteiger partial charge in [-0.25, -0.2) is 14.4 Å². The Balaban J connectivity index is 1.17. The van der Waals surface area contributed by atoms with Gasteiger partial charge in [0.05, 0.1) is 29.1 Å². The van der Waals surface area contributed by atoms with Gasteiger partial charge in [-0.1, -0.05) is 0 Å². The van der Waals surface area contributed by atoms with Gasteiger partial charge < -0.3 is 20.9 Å². The number of anilines is 2. The fourth-order valence-electron chi connectivity index (χ4n) is 5.88. The first-order valence-electron chi connectivity index (χ1n) is 14.3. The number of nitrogens with zero attached hydrogens (tertiary/aromatic N) is 8. The van der Waals surface area contributed by atoms with Gasteiger partial charge in [-0.05, 0) is 37.5 Å². The largest absolute Gasteiger partial charge is 0.435 e. The highest BCUT2D eigenvalue weighted by atomic mass is 19.4. The molecule has 0 spiro atoms. The van der Waals surface area contributed by atoms with Gasteiger partial charge in [-0.3, -0.25) is 18.7 Å². The summed E-state index contributed by atoms with van der Waals surface area (Å²) in [5.41, 5.74) is 4.82. The van der Waals surface area contributed by atoms with Crippen LogP contribution in [0.15, 0.2) is 43.0 Å². The normalized spacial score (nSPS) is 18.8. The van der Waals surface area contributed by atoms with E-state index in [1.54, 1.807) is 11.0 Å². The standard InChI is InChI=1S/C29H28F4N10O2/c30-22-14-19(3-4-20(22)28(45)41-11-9-40(10-12-41)27(44)17-1-2-18(35)13-17)38-25-26-37-15-23(43(26)8-6-36-25)21-16-42(7-5-34)39-24(21)29(31,32)33/h3-4,6,8,14-18H,1-2,7,9-13,35H2,(H,36,38)/t17-,18+/m0/s1. The molecule has 1 saturated carbocycles. The topological polar surface area (TPSA) is 150 Å². The molecule has 3 N–H and O–H groups in total. The third-order valence-electron chi connectivity index (χ3n) is 8.13. The molecule has 16 heteroatoms. The van der Waals surface area contributed by atoms with E-state index in [1.165, 1.54) is 40.0 Å². The zero-order valence-electron chi connectivity index (χ0n) is 23.8. The van der Waals surface area contributed by atoms with Crippen LogP contribution in [0.1, 0.15) is 35.3 Å². The molecule has 2 atom stereocenters. The summed E-state index contributed by atoms with van der Waals surface area (Å²) in [6.45, 7) is 0.918. The highest BCUT2D eigenvalue weighted by Crippen LogP contribution is 2.37. The van der Waals surface area contributed by atoms with Crippen molar-refractivity contribution in [3.8, 4) is 17.3 Å². The molecule has 2 aliphatic rings. The van der Waals surface area contributed by atoms with E-state index in [9.17, 15) is 22.8 Å². The Morgan fingerprint density at radius 3 is 2.53 bits per heavy atom. The second kappa shape index (κ2) is 11.8. The Kier molecular flexibility index (Phi) is 7.87. The van der Waals surface area contributed by atoms with E-state index in [2.05, 4.69) is 20.4 Å². The van der Waals surface area contributed by atoms with E-state index in [-0.39, 0.29) is 71.5 Å². The molecule has 1 aliphatic carbocycles. The van der Waals surface area contributed by atoms with Crippen LogP contribution in [-0.4, -0.2) is 78.0 Å². The summed E-state index contributed by atoms with van der Waals surface area (Å²) >= 11 is 0. The number of amides is 2. The molecule has 2 fully saturated rings. The first-order valence-corrected chi connectivity index (χ1v) is 14.3. The van der Waals surface area contributed by atoms with Crippen molar-refractivity contribution in [2.75, 3.05) is 31.5 Å². The van der Waals surface area contributed by atoms with Gasteiger partial charge in [0.15, 0.2) is 17.2 Å². The molecule has 2 amide bonds. The van der Waals surface area contributed by atoms with Crippen LogP contribution in [0.25, 0.3) is 16.9 Å². The van der Waals surface area contributed by atoms with Crippen LogP contribution in [0.3, 0.4) is 0 Å². The molecule has 234 valence electrons. The summed E-state index contributed by atoms with van der Waals surface area (Å²) in [7, 11) is 0. The molecule has 6 rings (SSSR count). The smallest absolute Gasteiger partial charge is 0.339 e. The number of hydrogen-bond acceptors (Lipinski definition) is 8. The molecule has 0 bridgehead atoms. The number of carbonyl (C=O) groups is 2. The summed E-state index contributed by atoms with van der Waals surface area (Å²) in [4.78, 5) is 37.6. The molecular weight excluding hydrogens is 596 g/mol. The van der Waals surface area contributed by atoms with E-state index in [1.807, 2.05) is 0 Å². The predicted molar refractivity (Wildman–Crippen MR) is 152 cm³/mol. The van der Waals surface area contributed by atoms with Gasteiger partial charge in [0, 0.05) is 62.4 Å². The second-order valence-corrected chi connectivity index (χ2v) is 11.1. The summed E-state index contributed by atoms with van der Waals surface area (Å²) in [5, 5.41) is 15.4. The van der Waals surface area contributed by atoms with Crippen LogP contribution < -0.4 is 11.1 Å². The lowest BCUT2D eigenvalue weighted by molar-refractivity contribution is -0.141. The van der Waals surface area contributed by atoms with E-state index in [0.29, 0.717) is 19.5 Å².